The molecule has 148 valence electrons. The van der Waals surface area contributed by atoms with Crippen LogP contribution in [0.3, 0.4) is 0 Å². The highest BCUT2D eigenvalue weighted by atomic mass is 32.2. The summed E-state index contributed by atoms with van der Waals surface area (Å²) in [5, 5.41) is 13.1. The van der Waals surface area contributed by atoms with Crippen molar-refractivity contribution in [2.24, 2.45) is 7.05 Å². The van der Waals surface area contributed by atoms with Crippen molar-refractivity contribution < 1.29 is 13.2 Å². The predicted molar refractivity (Wildman–Crippen MR) is 103 cm³/mol. The average molecular weight is 401 g/mol. The molecule has 0 unspecified atom stereocenters. The van der Waals surface area contributed by atoms with Gasteiger partial charge in [0, 0.05) is 38.8 Å². The molecule has 1 aromatic carbocycles. The van der Waals surface area contributed by atoms with Gasteiger partial charge < -0.3 is 4.90 Å². The summed E-state index contributed by atoms with van der Waals surface area (Å²) < 4.78 is 29.3. The Bertz CT molecular complexity index is 1030. The van der Waals surface area contributed by atoms with Gasteiger partial charge in [-0.25, -0.2) is 8.42 Å². The van der Waals surface area contributed by atoms with E-state index < -0.39 is 10.0 Å². The molecule has 1 saturated heterocycles. The third kappa shape index (κ3) is 3.66. The first kappa shape index (κ1) is 20.0. The fourth-order valence-electron chi connectivity index (χ4n) is 3.46. The number of hydrogen-bond acceptors (Lipinski definition) is 5. The monoisotopic (exact) mass is 401 g/mol. The molecule has 2 aromatic rings. The van der Waals surface area contributed by atoms with Crippen molar-refractivity contribution in [3.05, 3.63) is 46.8 Å². The predicted octanol–water partition coefficient (Wildman–Crippen LogP) is 1.45. The highest BCUT2D eigenvalue weighted by Gasteiger charge is 2.32. The lowest BCUT2D eigenvalue weighted by Gasteiger charge is -2.22. The Hall–Kier alpha value is -2.70. The van der Waals surface area contributed by atoms with Crippen LogP contribution in [0.1, 0.15) is 33.7 Å². The summed E-state index contributed by atoms with van der Waals surface area (Å²) in [5.41, 5.74) is 2.07. The van der Waals surface area contributed by atoms with E-state index in [2.05, 4.69) is 5.10 Å². The summed E-state index contributed by atoms with van der Waals surface area (Å²) in [6.07, 6.45) is 0.555. The maximum atomic E-state index is 13.2. The Morgan fingerprint density at radius 2 is 1.79 bits per heavy atom. The molecule has 2 heterocycles. The molecule has 3 rings (SSSR count). The highest BCUT2D eigenvalue weighted by Crippen LogP contribution is 2.24. The summed E-state index contributed by atoms with van der Waals surface area (Å²) >= 11 is 0. The molecule has 9 heteroatoms. The van der Waals surface area contributed by atoms with Gasteiger partial charge in [0.2, 0.25) is 10.0 Å². The van der Waals surface area contributed by atoms with Crippen molar-refractivity contribution in [3.63, 3.8) is 0 Å². The molecule has 0 aliphatic carbocycles. The van der Waals surface area contributed by atoms with Crippen LogP contribution < -0.4 is 0 Å². The van der Waals surface area contributed by atoms with Crippen LogP contribution >= 0.6 is 0 Å². The summed E-state index contributed by atoms with van der Waals surface area (Å²) in [5.74, 6) is -0.155. The summed E-state index contributed by atoms with van der Waals surface area (Å²) in [6.45, 7) is 4.82. The van der Waals surface area contributed by atoms with Crippen LogP contribution in [0.15, 0.2) is 29.2 Å². The van der Waals surface area contributed by atoms with Crippen LogP contribution in [0.4, 0.5) is 0 Å². The second-order valence-corrected chi connectivity index (χ2v) is 8.74. The van der Waals surface area contributed by atoms with E-state index in [0.717, 1.165) is 0 Å². The van der Waals surface area contributed by atoms with E-state index in [-0.39, 0.29) is 17.3 Å². The first-order chi connectivity index (χ1) is 13.3. The van der Waals surface area contributed by atoms with E-state index in [4.69, 9.17) is 5.26 Å². The summed E-state index contributed by atoms with van der Waals surface area (Å²) in [7, 11) is -1.95. The number of sulfonamides is 1. The van der Waals surface area contributed by atoms with Gasteiger partial charge in [0.1, 0.15) is 4.90 Å². The molecule has 1 aliphatic rings. The Morgan fingerprint density at radius 1 is 1.11 bits per heavy atom. The molecule has 0 bridgehead atoms. The summed E-state index contributed by atoms with van der Waals surface area (Å²) in [6, 6.07) is 8.50. The summed E-state index contributed by atoms with van der Waals surface area (Å²) in [4.78, 5) is 14.7. The maximum absolute atomic E-state index is 13.2. The van der Waals surface area contributed by atoms with E-state index in [1.54, 1.807) is 54.7 Å². The third-order valence-electron chi connectivity index (χ3n) is 5.04. The molecule has 1 fully saturated rings. The quantitative estimate of drug-likeness (QED) is 0.775. The number of benzene rings is 1. The number of hydrogen-bond donors (Lipinski definition) is 0. The lowest BCUT2D eigenvalue weighted by molar-refractivity contribution is 0.0764. The standard InChI is InChI=1S/C19H23N5O3S/c1-14-18(15(2)22(3)21-14)28(26,27)24-10-4-9-23(11-12-24)19(25)17-7-5-16(13-20)6-8-17/h5-8H,4,9-12H2,1-3H3. The van der Waals surface area contributed by atoms with Crippen molar-refractivity contribution in [2.75, 3.05) is 26.2 Å². The van der Waals surface area contributed by atoms with Gasteiger partial charge in [0.25, 0.3) is 5.91 Å². The molecule has 1 amide bonds. The van der Waals surface area contributed by atoms with E-state index in [9.17, 15) is 13.2 Å². The zero-order chi connectivity index (χ0) is 20.5. The second-order valence-electron chi connectivity index (χ2n) is 6.86. The molecular weight excluding hydrogens is 378 g/mol. The number of amides is 1. The number of aryl methyl sites for hydroxylation is 2. The van der Waals surface area contributed by atoms with Crippen molar-refractivity contribution in [3.8, 4) is 6.07 Å². The Balaban J connectivity index is 1.77. The van der Waals surface area contributed by atoms with Crippen molar-refractivity contribution in [1.82, 2.24) is 19.0 Å². The number of rotatable bonds is 3. The van der Waals surface area contributed by atoms with E-state index in [0.29, 0.717) is 48.6 Å². The first-order valence-electron chi connectivity index (χ1n) is 9.05. The molecule has 0 saturated carbocycles. The van der Waals surface area contributed by atoms with Gasteiger partial charge in [0.05, 0.1) is 23.0 Å². The number of carbonyl (C=O) groups excluding carboxylic acids is 1. The Labute approximate surface area is 165 Å². The van der Waals surface area contributed by atoms with Gasteiger partial charge in [-0.3, -0.25) is 9.48 Å². The van der Waals surface area contributed by atoms with Crippen LogP contribution in [-0.4, -0.2) is 59.5 Å². The lowest BCUT2D eigenvalue weighted by atomic mass is 10.1. The van der Waals surface area contributed by atoms with E-state index >= 15 is 0 Å². The van der Waals surface area contributed by atoms with E-state index in [1.165, 1.54) is 4.31 Å². The first-order valence-corrected chi connectivity index (χ1v) is 10.5. The molecule has 0 N–H and O–H groups in total. The Morgan fingerprint density at radius 3 is 2.36 bits per heavy atom. The fourth-order valence-corrected chi connectivity index (χ4v) is 5.33. The topological polar surface area (TPSA) is 99.3 Å². The van der Waals surface area contributed by atoms with Crippen molar-refractivity contribution in [2.45, 2.75) is 25.2 Å². The number of nitriles is 1. The van der Waals surface area contributed by atoms with Gasteiger partial charge in [-0.05, 0) is 44.5 Å². The van der Waals surface area contributed by atoms with Crippen LogP contribution in [-0.2, 0) is 17.1 Å². The fraction of sp³-hybridized carbons (Fsp3) is 0.421. The SMILES string of the molecule is Cc1nn(C)c(C)c1S(=O)(=O)N1CCCN(C(=O)c2ccc(C#N)cc2)CC1. The van der Waals surface area contributed by atoms with E-state index in [1.807, 2.05) is 6.07 Å². The number of carbonyl (C=O) groups is 1. The van der Waals surface area contributed by atoms with Crippen LogP contribution in [0, 0.1) is 25.2 Å². The smallest absolute Gasteiger partial charge is 0.253 e. The molecule has 0 radical (unpaired) electrons. The minimum Gasteiger partial charge on any atom is -0.337 e. The van der Waals surface area contributed by atoms with Gasteiger partial charge in [0.15, 0.2) is 0 Å². The normalized spacial score (nSPS) is 15.9. The Kier molecular flexibility index (Phi) is 5.54. The molecule has 28 heavy (non-hydrogen) atoms. The minimum atomic E-state index is -3.67. The zero-order valence-corrected chi connectivity index (χ0v) is 17.0. The second kappa shape index (κ2) is 7.73. The van der Waals surface area contributed by atoms with Crippen LogP contribution in [0.25, 0.3) is 0 Å². The van der Waals surface area contributed by atoms with Gasteiger partial charge in [-0.2, -0.15) is 14.7 Å². The molecule has 0 spiro atoms. The minimum absolute atomic E-state index is 0.155. The third-order valence-corrected chi connectivity index (χ3v) is 7.20. The lowest BCUT2D eigenvalue weighted by Crippen LogP contribution is -2.37. The molecule has 0 atom stereocenters. The highest BCUT2D eigenvalue weighted by molar-refractivity contribution is 7.89. The molecule has 8 nitrogen and oxygen atoms in total. The maximum Gasteiger partial charge on any atom is 0.253 e. The van der Waals surface area contributed by atoms with Gasteiger partial charge in [-0.15, -0.1) is 0 Å². The van der Waals surface area contributed by atoms with Crippen LogP contribution in [0.5, 0.6) is 0 Å². The average Bonchev–Trinajstić information content (AvgIpc) is 2.85. The van der Waals surface area contributed by atoms with Crippen molar-refractivity contribution >= 4 is 15.9 Å². The number of aromatic nitrogens is 2. The van der Waals surface area contributed by atoms with Crippen molar-refractivity contribution in [1.29, 1.82) is 5.26 Å². The molecule has 1 aromatic heterocycles. The number of nitrogens with zero attached hydrogens (tertiary/aromatic N) is 5. The van der Waals surface area contributed by atoms with Gasteiger partial charge in [-0.1, -0.05) is 0 Å². The van der Waals surface area contributed by atoms with Gasteiger partial charge >= 0.3 is 0 Å². The molecule has 1 aliphatic heterocycles. The zero-order valence-electron chi connectivity index (χ0n) is 16.2. The largest absolute Gasteiger partial charge is 0.337 e. The van der Waals surface area contributed by atoms with Crippen LogP contribution in [0.2, 0.25) is 0 Å². The molecular formula is C19H23N5O3S.